The lowest BCUT2D eigenvalue weighted by Gasteiger charge is -2.34. The van der Waals surface area contributed by atoms with E-state index in [2.05, 4.69) is 4.72 Å². The summed E-state index contributed by atoms with van der Waals surface area (Å²) >= 11 is 0. The molecule has 1 N–H and O–H groups in total. The number of carbonyl (C=O) groups is 1. The zero-order valence-corrected chi connectivity index (χ0v) is 11.8. The topological polar surface area (TPSA) is 66.5 Å². The summed E-state index contributed by atoms with van der Waals surface area (Å²) in [4.78, 5) is 12.6. The molecule has 1 aliphatic heterocycles. The standard InChI is InChI=1S/C12H16BN2O3S/c1-9-10-4-3-5-12(14-19(2,17)18)11(10)6-7-15(9)13-8-16/h3-5,8-9,14H,6-7H2,1-2H3. The van der Waals surface area contributed by atoms with Crippen LogP contribution in [0, 0.1) is 0 Å². The highest BCUT2D eigenvalue weighted by atomic mass is 32.2. The molecule has 19 heavy (non-hydrogen) atoms. The fourth-order valence-electron chi connectivity index (χ4n) is 2.47. The van der Waals surface area contributed by atoms with E-state index in [9.17, 15) is 13.2 Å². The molecule has 101 valence electrons. The van der Waals surface area contributed by atoms with Crippen LogP contribution in [-0.4, -0.2) is 39.6 Å². The minimum absolute atomic E-state index is 0.0651. The third-order valence-corrected chi connectivity index (χ3v) is 3.92. The van der Waals surface area contributed by atoms with Gasteiger partial charge in [-0.25, -0.2) is 8.42 Å². The molecule has 1 heterocycles. The van der Waals surface area contributed by atoms with E-state index < -0.39 is 10.0 Å². The molecule has 1 radical (unpaired) electrons. The highest BCUT2D eigenvalue weighted by molar-refractivity contribution is 7.92. The average molecular weight is 279 g/mol. The first-order valence-electron chi connectivity index (χ1n) is 6.06. The molecule has 1 aliphatic rings. The SMILES string of the molecule is CC1c2cccc(NS(C)(=O)=O)c2CCN1[B]C=O. The van der Waals surface area contributed by atoms with Crippen molar-refractivity contribution in [1.82, 2.24) is 4.81 Å². The molecule has 0 saturated heterocycles. The highest BCUT2D eigenvalue weighted by Gasteiger charge is 2.25. The summed E-state index contributed by atoms with van der Waals surface area (Å²) in [5.41, 5.74) is 2.70. The number of sulfonamides is 1. The molecular formula is C12H16BN2O3S. The van der Waals surface area contributed by atoms with E-state index >= 15 is 0 Å². The van der Waals surface area contributed by atoms with Crippen LogP contribution >= 0.6 is 0 Å². The van der Waals surface area contributed by atoms with Gasteiger partial charge in [0.1, 0.15) is 0 Å². The summed E-state index contributed by atoms with van der Waals surface area (Å²) in [5, 5.41) is 0. The van der Waals surface area contributed by atoms with Crippen molar-refractivity contribution in [2.75, 3.05) is 17.5 Å². The van der Waals surface area contributed by atoms with Gasteiger partial charge in [0.15, 0.2) is 0 Å². The molecule has 0 spiro atoms. The molecular weight excluding hydrogens is 263 g/mol. The summed E-state index contributed by atoms with van der Waals surface area (Å²) in [6.45, 7) is 2.71. The monoisotopic (exact) mass is 279 g/mol. The van der Waals surface area contributed by atoms with Crippen molar-refractivity contribution < 1.29 is 13.2 Å². The van der Waals surface area contributed by atoms with Crippen LogP contribution in [0.5, 0.6) is 0 Å². The lowest BCUT2D eigenvalue weighted by atomic mass is 9.83. The minimum atomic E-state index is -3.28. The van der Waals surface area contributed by atoms with Crippen molar-refractivity contribution in [3.63, 3.8) is 0 Å². The van der Waals surface area contributed by atoms with Gasteiger partial charge in [0.05, 0.1) is 18.1 Å². The number of carbonyl (C=O) groups excluding carboxylic acids is 1. The lowest BCUT2D eigenvalue weighted by molar-refractivity contribution is 0.343. The number of fused-ring (bicyclic) bond motifs is 1. The molecule has 1 aromatic carbocycles. The van der Waals surface area contributed by atoms with Crippen molar-refractivity contribution in [1.29, 1.82) is 0 Å². The quantitative estimate of drug-likeness (QED) is 0.653. The van der Waals surface area contributed by atoms with E-state index in [1.807, 2.05) is 23.9 Å². The zero-order valence-electron chi connectivity index (χ0n) is 11.0. The lowest BCUT2D eigenvalue weighted by Crippen LogP contribution is -2.37. The predicted octanol–water partition coefficient (Wildman–Crippen LogP) is 0.787. The van der Waals surface area contributed by atoms with Gasteiger partial charge in [-0.15, -0.1) is 0 Å². The molecule has 0 amide bonds. The molecule has 1 unspecified atom stereocenters. The Hall–Kier alpha value is -1.34. The highest BCUT2D eigenvalue weighted by Crippen LogP contribution is 2.33. The number of hydrogen-bond donors (Lipinski definition) is 1. The Kier molecular flexibility index (Phi) is 3.96. The van der Waals surface area contributed by atoms with Crippen LogP contribution in [-0.2, 0) is 21.2 Å². The van der Waals surface area contributed by atoms with Crippen molar-refractivity contribution in [3.8, 4) is 0 Å². The maximum atomic E-state index is 11.4. The van der Waals surface area contributed by atoms with E-state index in [-0.39, 0.29) is 6.04 Å². The third-order valence-electron chi connectivity index (χ3n) is 3.33. The maximum absolute atomic E-state index is 11.4. The second-order valence-electron chi connectivity index (χ2n) is 4.70. The second kappa shape index (κ2) is 5.34. The van der Waals surface area contributed by atoms with Gasteiger partial charge in [-0.3, -0.25) is 4.72 Å². The molecule has 0 aromatic heterocycles. The number of nitrogens with one attached hydrogen (secondary N) is 1. The molecule has 0 saturated carbocycles. The van der Waals surface area contributed by atoms with E-state index in [0.29, 0.717) is 18.7 Å². The van der Waals surface area contributed by atoms with E-state index in [4.69, 9.17) is 0 Å². The van der Waals surface area contributed by atoms with Crippen LogP contribution in [0.1, 0.15) is 24.1 Å². The normalized spacial score (nSPS) is 19.6. The first-order chi connectivity index (χ1) is 8.92. The fourth-order valence-corrected chi connectivity index (χ4v) is 3.06. The molecule has 0 aliphatic carbocycles. The summed E-state index contributed by atoms with van der Waals surface area (Å²) in [6.07, 6.45) is 2.63. The van der Waals surface area contributed by atoms with Crippen LogP contribution in [0.3, 0.4) is 0 Å². The van der Waals surface area contributed by atoms with Crippen molar-refractivity contribution in [3.05, 3.63) is 29.3 Å². The van der Waals surface area contributed by atoms with Gasteiger partial charge in [0.2, 0.25) is 10.0 Å². The van der Waals surface area contributed by atoms with Gasteiger partial charge in [-0.05, 0) is 37.1 Å². The molecule has 0 bridgehead atoms. The van der Waals surface area contributed by atoms with Crippen LogP contribution in [0.15, 0.2) is 18.2 Å². The van der Waals surface area contributed by atoms with Crippen LogP contribution < -0.4 is 4.72 Å². The number of rotatable bonds is 4. The summed E-state index contributed by atoms with van der Waals surface area (Å²) in [6, 6.07) is 5.63. The first-order valence-corrected chi connectivity index (χ1v) is 7.95. The third kappa shape index (κ3) is 3.16. The summed E-state index contributed by atoms with van der Waals surface area (Å²) < 4.78 is 25.3. The predicted molar refractivity (Wildman–Crippen MR) is 76.2 cm³/mol. The van der Waals surface area contributed by atoms with E-state index in [0.717, 1.165) is 23.6 Å². The Labute approximate surface area is 114 Å². The van der Waals surface area contributed by atoms with Crippen molar-refractivity contribution >= 4 is 29.3 Å². The van der Waals surface area contributed by atoms with Crippen LogP contribution in [0.25, 0.3) is 0 Å². The van der Waals surface area contributed by atoms with Crippen molar-refractivity contribution in [2.24, 2.45) is 0 Å². The number of benzene rings is 1. The van der Waals surface area contributed by atoms with Gasteiger partial charge in [0.25, 0.3) is 7.41 Å². The average Bonchev–Trinajstić information content (AvgIpc) is 2.32. The fraction of sp³-hybridized carbons (Fsp3) is 0.417. The smallest absolute Gasteiger partial charge is 0.293 e. The molecule has 1 aromatic rings. The maximum Gasteiger partial charge on any atom is 0.293 e. The minimum Gasteiger partial charge on any atom is -0.333 e. The molecule has 7 heteroatoms. The first kappa shape index (κ1) is 14.1. The van der Waals surface area contributed by atoms with E-state index in [1.165, 1.54) is 7.41 Å². The second-order valence-corrected chi connectivity index (χ2v) is 6.44. The van der Waals surface area contributed by atoms with Gasteiger partial charge in [0, 0.05) is 6.04 Å². The molecule has 0 fully saturated rings. The van der Waals surface area contributed by atoms with Crippen LogP contribution in [0.4, 0.5) is 5.69 Å². The number of hydrogen-bond acceptors (Lipinski definition) is 4. The van der Waals surface area contributed by atoms with Gasteiger partial charge < -0.3 is 9.61 Å². The van der Waals surface area contributed by atoms with Crippen molar-refractivity contribution in [2.45, 2.75) is 19.4 Å². The summed E-state index contributed by atoms with van der Waals surface area (Å²) in [5.74, 6) is 0. The largest absolute Gasteiger partial charge is 0.333 e. The van der Waals surface area contributed by atoms with E-state index in [1.54, 1.807) is 6.07 Å². The Morgan fingerprint density at radius 2 is 2.21 bits per heavy atom. The zero-order chi connectivity index (χ0) is 14.0. The Morgan fingerprint density at radius 3 is 2.84 bits per heavy atom. The molecule has 1 atom stereocenters. The van der Waals surface area contributed by atoms with Crippen LogP contribution in [0.2, 0.25) is 0 Å². The Morgan fingerprint density at radius 1 is 1.47 bits per heavy atom. The Balaban J connectivity index is 2.36. The van der Waals surface area contributed by atoms with Gasteiger partial charge >= 0.3 is 0 Å². The van der Waals surface area contributed by atoms with Gasteiger partial charge in [-0.2, -0.15) is 0 Å². The number of anilines is 1. The number of nitrogens with zero attached hydrogens (tertiary/aromatic N) is 1. The Bertz CT molecular complexity index is 589. The summed E-state index contributed by atoms with van der Waals surface area (Å²) in [7, 11) is -1.75. The molecule has 5 nitrogen and oxygen atoms in total. The van der Waals surface area contributed by atoms with Gasteiger partial charge in [-0.1, -0.05) is 12.1 Å². The molecule has 2 rings (SSSR count).